The summed E-state index contributed by atoms with van der Waals surface area (Å²) in [4.78, 5) is 27.1. The van der Waals surface area contributed by atoms with Gasteiger partial charge in [-0.3, -0.25) is 4.79 Å². The second kappa shape index (κ2) is 9.69. The van der Waals surface area contributed by atoms with Crippen molar-refractivity contribution in [3.8, 4) is 0 Å². The number of sulfonamides is 1. The lowest BCUT2D eigenvalue weighted by Crippen LogP contribution is -2.38. The van der Waals surface area contributed by atoms with Crippen molar-refractivity contribution < 1.29 is 22.7 Å². The molecule has 1 unspecified atom stereocenters. The van der Waals surface area contributed by atoms with Crippen molar-refractivity contribution in [3.63, 3.8) is 0 Å². The molecule has 186 valence electrons. The summed E-state index contributed by atoms with van der Waals surface area (Å²) < 4.78 is 33.5. The Morgan fingerprint density at radius 1 is 1.00 bits per heavy atom. The number of rotatable bonds is 5. The quantitative estimate of drug-likeness (QED) is 0.467. The van der Waals surface area contributed by atoms with Gasteiger partial charge in [0.2, 0.25) is 10.0 Å². The van der Waals surface area contributed by atoms with Crippen LogP contribution in [0.5, 0.6) is 0 Å². The molecule has 0 aromatic heterocycles. The summed E-state index contributed by atoms with van der Waals surface area (Å²) in [6.45, 7) is 2.03. The maximum absolute atomic E-state index is 13.4. The topological polar surface area (TPSA) is 84.0 Å². The minimum absolute atomic E-state index is 0.0121. The van der Waals surface area contributed by atoms with E-state index in [1.54, 1.807) is 4.90 Å². The van der Waals surface area contributed by atoms with Crippen LogP contribution in [0.1, 0.15) is 34.0 Å². The lowest BCUT2D eigenvalue weighted by atomic mass is 10.0. The molecule has 0 radical (unpaired) electrons. The van der Waals surface area contributed by atoms with E-state index in [2.05, 4.69) is 0 Å². The first-order valence-corrected chi connectivity index (χ1v) is 13.5. The van der Waals surface area contributed by atoms with Gasteiger partial charge in [-0.05, 0) is 60.7 Å². The van der Waals surface area contributed by atoms with Crippen LogP contribution in [-0.4, -0.2) is 43.8 Å². The Morgan fingerprint density at radius 3 is 2.47 bits per heavy atom. The van der Waals surface area contributed by atoms with Crippen molar-refractivity contribution in [2.75, 3.05) is 18.1 Å². The van der Waals surface area contributed by atoms with Gasteiger partial charge in [0.15, 0.2) is 6.61 Å². The number of nitrogens with zero attached hydrogens (tertiary/aromatic N) is 2. The van der Waals surface area contributed by atoms with Crippen molar-refractivity contribution in [3.05, 3.63) is 94.0 Å². The fourth-order valence-corrected chi connectivity index (χ4v) is 6.79. The Morgan fingerprint density at radius 2 is 1.69 bits per heavy atom. The van der Waals surface area contributed by atoms with Gasteiger partial charge in [-0.25, -0.2) is 13.2 Å². The summed E-state index contributed by atoms with van der Waals surface area (Å²) in [7, 11) is -3.96. The minimum Gasteiger partial charge on any atom is -0.452 e. The molecule has 0 spiro atoms. The number of halogens is 1. The van der Waals surface area contributed by atoms with Crippen LogP contribution in [0.15, 0.2) is 71.6 Å². The Bertz CT molecular complexity index is 1460. The number of esters is 1. The summed E-state index contributed by atoms with van der Waals surface area (Å²) >= 11 is 6.26. The zero-order chi connectivity index (χ0) is 25.4. The molecule has 1 atom stereocenters. The van der Waals surface area contributed by atoms with E-state index in [1.807, 2.05) is 55.5 Å². The molecule has 0 saturated heterocycles. The molecule has 1 amide bonds. The molecule has 5 rings (SSSR count). The fraction of sp³-hybridized carbons (Fsp3) is 0.259. The number of fused-ring (bicyclic) bond motifs is 2. The lowest BCUT2D eigenvalue weighted by molar-refractivity contribution is -0.122. The number of carbonyl (C=O) groups is 2. The summed E-state index contributed by atoms with van der Waals surface area (Å²) in [5.41, 5.74) is 3.95. The highest BCUT2D eigenvalue weighted by Crippen LogP contribution is 2.32. The molecule has 7 nitrogen and oxygen atoms in total. The summed E-state index contributed by atoms with van der Waals surface area (Å²) in [5.74, 6) is -1.13. The van der Waals surface area contributed by atoms with E-state index in [1.165, 1.54) is 22.5 Å². The molecule has 0 saturated carbocycles. The van der Waals surface area contributed by atoms with E-state index in [0.29, 0.717) is 13.0 Å². The van der Waals surface area contributed by atoms with E-state index < -0.39 is 22.6 Å². The van der Waals surface area contributed by atoms with Crippen LogP contribution >= 0.6 is 11.6 Å². The van der Waals surface area contributed by atoms with Crippen LogP contribution in [0.25, 0.3) is 0 Å². The molecular weight excluding hydrogens is 500 g/mol. The van der Waals surface area contributed by atoms with E-state index in [4.69, 9.17) is 16.3 Å². The molecule has 0 bridgehead atoms. The van der Waals surface area contributed by atoms with Gasteiger partial charge in [0.1, 0.15) is 4.90 Å². The maximum Gasteiger partial charge on any atom is 0.338 e. The zero-order valence-corrected chi connectivity index (χ0v) is 21.3. The number of para-hydroxylation sites is 1. The van der Waals surface area contributed by atoms with Crippen LogP contribution in [0.2, 0.25) is 5.02 Å². The third-order valence-corrected chi connectivity index (χ3v) is 9.01. The maximum atomic E-state index is 13.4. The Kier molecular flexibility index (Phi) is 6.59. The van der Waals surface area contributed by atoms with Gasteiger partial charge in [0, 0.05) is 24.8 Å². The first-order chi connectivity index (χ1) is 17.3. The molecule has 3 aromatic rings. The standard InChI is InChI=1S/C27H25ClN2O5S/c1-18-14-20-7-4-5-9-24(20)30(18)26(31)17-35-27(32)21-10-11-23(28)25(15-21)36(33,34)29-13-12-19-6-2-3-8-22(19)16-29/h2-11,15,18H,12-14,16-17H2,1H3. The van der Waals surface area contributed by atoms with Gasteiger partial charge in [-0.2, -0.15) is 4.31 Å². The first kappa shape index (κ1) is 24.5. The van der Waals surface area contributed by atoms with Gasteiger partial charge in [-0.15, -0.1) is 0 Å². The van der Waals surface area contributed by atoms with Crippen molar-refractivity contribution >= 4 is 39.2 Å². The highest BCUT2D eigenvalue weighted by Gasteiger charge is 2.32. The molecule has 2 aliphatic heterocycles. The SMILES string of the molecule is CC1Cc2ccccc2N1C(=O)COC(=O)c1ccc(Cl)c(S(=O)(=O)N2CCc3ccccc3C2)c1. The first-order valence-electron chi connectivity index (χ1n) is 11.7. The number of carbonyl (C=O) groups excluding carboxylic acids is 2. The van der Waals surface area contributed by atoms with Crippen LogP contribution in [0, 0.1) is 0 Å². The lowest BCUT2D eigenvalue weighted by Gasteiger charge is -2.28. The Labute approximate surface area is 215 Å². The number of benzene rings is 3. The van der Waals surface area contributed by atoms with Gasteiger partial charge in [0.05, 0.1) is 10.6 Å². The molecule has 2 heterocycles. The fourth-order valence-electron chi connectivity index (χ4n) is 4.87. The molecule has 0 N–H and O–H groups in total. The number of hydrogen-bond donors (Lipinski definition) is 0. The van der Waals surface area contributed by atoms with E-state index in [9.17, 15) is 18.0 Å². The molecule has 0 aliphatic carbocycles. The summed E-state index contributed by atoms with van der Waals surface area (Å²) in [6.07, 6.45) is 1.32. The average molecular weight is 525 g/mol. The Balaban J connectivity index is 1.31. The average Bonchev–Trinajstić information content (AvgIpc) is 3.22. The van der Waals surface area contributed by atoms with Crippen LogP contribution < -0.4 is 4.90 Å². The number of anilines is 1. The van der Waals surface area contributed by atoms with Gasteiger partial charge in [-0.1, -0.05) is 54.1 Å². The highest BCUT2D eigenvalue weighted by molar-refractivity contribution is 7.89. The molecule has 9 heteroatoms. The van der Waals surface area contributed by atoms with Crippen molar-refractivity contribution in [1.82, 2.24) is 4.31 Å². The van der Waals surface area contributed by atoms with Crippen molar-refractivity contribution in [1.29, 1.82) is 0 Å². The van der Waals surface area contributed by atoms with Crippen molar-refractivity contribution in [2.24, 2.45) is 0 Å². The number of hydrogen-bond acceptors (Lipinski definition) is 5. The van der Waals surface area contributed by atoms with Crippen LogP contribution in [0.3, 0.4) is 0 Å². The highest BCUT2D eigenvalue weighted by atomic mass is 35.5. The third kappa shape index (κ3) is 4.52. The van der Waals surface area contributed by atoms with Gasteiger partial charge >= 0.3 is 5.97 Å². The van der Waals surface area contributed by atoms with Gasteiger partial charge < -0.3 is 9.64 Å². The predicted molar refractivity (Wildman–Crippen MR) is 137 cm³/mol. The molecular formula is C27H25ClN2O5S. The van der Waals surface area contributed by atoms with Crippen LogP contribution in [0.4, 0.5) is 5.69 Å². The Hall–Kier alpha value is -3.20. The van der Waals surface area contributed by atoms with Crippen molar-refractivity contribution in [2.45, 2.75) is 37.2 Å². The van der Waals surface area contributed by atoms with Crippen LogP contribution in [-0.2, 0) is 38.9 Å². The number of amides is 1. The van der Waals surface area contributed by atoms with E-state index in [-0.39, 0.29) is 34.0 Å². The molecule has 3 aromatic carbocycles. The largest absolute Gasteiger partial charge is 0.452 e. The zero-order valence-electron chi connectivity index (χ0n) is 19.7. The van der Waals surface area contributed by atoms with E-state index in [0.717, 1.165) is 28.8 Å². The second-order valence-corrected chi connectivity index (χ2v) is 11.3. The minimum atomic E-state index is -3.96. The smallest absolute Gasteiger partial charge is 0.338 e. The summed E-state index contributed by atoms with van der Waals surface area (Å²) in [5, 5.41) is 0.0176. The monoisotopic (exact) mass is 524 g/mol. The summed E-state index contributed by atoms with van der Waals surface area (Å²) in [6, 6.07) is 19.3. The molecule has 2 aliphatic rings. The normalized spacial score (nSPS) is 17.4. The predicted octanol–water partition coefficient (Wildman–Crippen LogP) is 4.22. The second-order valence-electron chi connectivity index (χ2n) is 9.02. The molecule has 0 fully saturated rings. The number of ether oxygens (including phenoxy) is 1. The third-order valence-electron chi connectivity index (χ3n) is 6.68. The van der Waals surface area contributed by atoms with Gasteiger partial charge in [0.25, 0.3) is 5.91 Å². The van der Waals surface area contributed by atoms with E-state index >= 15 is 0 Å². The molecule has 36 heavy (non-hydrogen) atoms.